The number of nitrogens with one attached hydrogen (secondary N) is 1. The summed E-state index contributed by atoms with van der Waals surface area (Å²) in [6.45, 7) is 0. The summed E-state index contributed by atoms with van der Waals surface area (Å²) in [4.78, 5) is 16.8. The Hall–Kier alpha value is -2.45. The van der Waals surface area contributed by atoms with Gasteiger partial charge in [-0.05, 0) is 35.9 Å². The van der Waals surface area contributed by atoms with Gasteiger partial charge in [0.15, 0.2) is 15.0 Å². The molecule has 0 atom stereocenters. The molecule has 1 aromatic heterocycles. The molecule has 0 bridgehead atoms. The van der Waals surface area contributed by atoms with Crippen LogP contribution in [-0.2, 0) is 15.6 Å². The number of nitrogens with zero attached hydrogens (tertiary/aromatic N) is 1. The Morgan fingerprint density at radius 1 is 1.24 bits per heavy atom. The van der Waals surface area contributed by atoms with E-state index in [-0.39, 0.29) is 11.7 Å². The molecule has 130 valence electrons. The highest BCUT2D eigenvalue weighted by atomic mass is 32.2. The monoisotopic (exact) mass is 376 g/mol. The molecule has 0 aliphatic rings. The van der Waals surface area contributed by atoms with Crippen LogP contribution in [0.15, 0.2) is 42.5 Å². The lowest BCUT2D eigenvalue weighted by Gasteiger charge is -2.04. The van der Waals surface area contributed by atoms with E-state index < -0.39 is 9.84 Å². The standard InChI is InChI=1S/C17H16N2O4S2/c1-23-13-6-7-14-15(9-13)24-17(18-14)19-16(20)12-5-3-4-11(8-12)10-25(2,21)22/h3-9H,10H2,1-2H3,(H,18,19,20). The predicted octanol–water partition coefficient (Wildman–Crippen LogP) is 3.10. The average molecular weight is 376 g/mol. The van der Waals surface area contributed by atoms with Gasteiger partial charge in [-0.3, -0.25) is 10.1 Å². The van der Waals surface area contributed by atoms with Crippen molar-refractivity contribution in [1.29, 1.82) is 0 Å². The van der Waals surface area contributed by atoms with Crippen molar-refractivity contribution in [1.82, 2.24) is 4.98 Å². The first-order valence-corrected chi connectivity index (χ1v) is 10.2. The van der Waals surface area contributed by atoms with E-state index >= 15 is 0 Å². The summed E-state index contributed by atoms with van der Waals surface area (Å²) in [6, 6.07) is 12.1. The third-order valence-corrected chi connectivity index (χ3v) is 5.23. The van der Waals surface area contributed by atoms with E-state index in [1.807, 2.05) is 18.2 Å². The SMILES string of the molecule is COc1ccc2nc(NC(=O)c3cccc(CS(C)(=O)=O)c3)sc2c1. The Labute approximate surface area is 149 Å². The normalized spacial score (nSPS) is 11.4. The van der Waals surface area contributed by atoms with E-state index in [0.29, 0.717) is 16.3 Å². The number of sulfone groups is 1. The van der Waals surface area contributed by atoms with Crippen molar-refractivity contribution in [3.8, 4) is 5.75 Å². The third-order valence-electron chi connectivity index (χ3n) is 3.43. The minimum absolute atomic E-state index is 0.102. The maximum atomic E-state index is 12.4. The molecule has 25 heavy (non-hydrogen) atoms. The van der Waals surface area contributed by atoms with E-state index in [4.69, 9.17) is 4.74 Å². The molecule has 0 unspecified atom stereocenters. The number of benzene rings is 2. The zero-order valence-corrected chi connectivity index (χ0v) is 15.3. The summed E-state index contributed by atoms with van der Waals surface area (Å²) < 4.78 is 28.9. The molecule has 2 aromatic carbocycles. The van der Waals surface area contributed by atoms with Gasteiger partial charge in [0, 0.05) is 11.8 Å². The van der Waals surface area contributed by atoms with E-state index in [1.165, 1.54) is 11.3 Å². The first kappa shape index (κ1) is 17.4. The molecule has 1 amide bonds. The molecule has 1 heterocycles. The lowest BCUT2D eigenvalue weighted by Crippen LogP contribution is -2.12. The van der Waals surface area contributed by atoms with Crippen molar-refractivity contribution in [3.63, 3.8) is 0 Å². The van der Waals surface area contributed by atoms with Crippen LogP contribution >= 0.6 is 11.3 Å². The van der Waals surface area contributed by atoms with Gasteiger partial charge in [0.2, 0.25) is 0 Å². The maximum Gasteiger partial charge on any atom is 0.257 e. The van der Waals surface area contributed by atoms with Gasteiger partial charge in [0.1, 0.15) is 5.75 Å². The van der Waals surface area contributed by atoms with Gasteiger partial charge in [0.25, 0.3) is 5.91 Å². The van der Waals surface area contributed by atoms with Gasteiger partial charge >= 0.3 is 0 Å². The average Bonchev–Trinajstić information content (AvgIpc) is 2.94. The first-order valence-electron chi connectivity index (χ1n) is 7.37. The Morgan fingerprint density at radius 2 is 2.04 bits per heavy atom. The first-order chi connectivity index (χ1) is 11.8. The number of thiazole rings is 1. The second kappa shape index (κ2) is 6.81. The zero-order chi connectivity index (χ0) is 18.0. The highest BCUT2D eigenvalue weighted by molar-refractivity contribution is 7.89. The molecule has 3 aromatic rings. The van der Waals surface area contributed by atoms with Crippen molar-refractivity contribution in [2.75, 3.05) is 18.7 Å². The summed E-state index contributed by atoms with van der Waals surface area (Å²) in [5, 5.41) is 3.23. The molecular weight excluding hydrogens is 360 g/mol. The smallest absolute Gasteiger partial charge is 0.257 e. The van der Waals surface area contributed by atoms with Crippen LogP contribution in [0.5, 0.6) is 5.75 Å². The van der Waals surface area contributed by atoms with Crippen LogP contribution in [0, 0.1) is 0 Å². The van der Waals surface area contributed by atoms with E-state index in [0.717, 1.165) is 22.2 Å². The minimum Gasteiger partial charge on any atom is -0.497 e. The van der Waals surface area contributed by atoms with Crippen molar-refractivity contribution >= 4 is 42.4 Å². The highest BCUT2D eigenvalue weighted by Gasteiger charge is 2.12. The van der Waals surface area contributed by atoms with Crippen molar-refractivity contribution in [3.05, 3.63) is 53.6 Å². The highest BCUT2D eigenvalue weighted by Crippen LogP contribution is 2.29. The Bertz CT molecular complexity index is 1040. The Kier molecular flexibility index (Phi) is 4.73. The molecule has 8 heteroatoms. The van der Waals surface area contributed by atoms with Gasteiger partial charge in [-0.15, -0.1) is 0 Å². The molecule has 3 rings (SSSR count). The van der Waals surface area contributed by atoms with Crippen LogP contribution in [0.2, 0.25) is 0 Å². The topological polar surface area (TPSA) is 85.4 Å². The lowest BCUT2D eigenvalue weighted by molar-refractivity contribution is 0.102. The number of fused-ring (bicyclic) bond motifs is 1. The van der Waals surface area contributed by atoms with Gasteiger partial charge in [-0.25, -0.2) is 13.4 Å². The van der Waals surface area contributed by atoms with Gasteiger partial charge in [-0.1, -0.05) is 23.5 Å². The summed E-state index contributed by atoms with van der Waals surface area (Å²) in [5.74, 6) is 0.290. The van der Waals surface area contributed by atoms with Crippen LogP contribution in [0.3, 0.4) is 0 Å². The van der Waals surface area contributed by atoms with Gasteiger partial charge < -0.3 is 4.74 Å². The summed E-state index contributed by atoms with van der Waals surface area (Å²) in [6.07, 6.45) is 1.16. The number of aromatic nitrogens is 1. The molecule has 0 aliphatic heterocycles. The van der Waals surface area contributed by atoms with Crippen LogP contribution in [0.4, 0.5) is 5.13 Å². The van der Waals surface area contributed by atoms with Crippen LogP contribution in [0.25, 0.3) is 10.2 Å². The fourth-order valence-electron chi connectivity index (χ4n) is 2.36. The third kappa shape index (κ3) is 4.34. The number of hydrogen-bond acceptors (Lipinski definition) is 6. The number of anilines is 1. The van der Waals surface area contributed by atoms with Crippen LogP contribution < -0.4 is 10.1 Å². The van der Waals surface area contributed by atoms with Gasteiger partial charge in [-0.2, -0.15) is 0 Å². The van der Waals surface area contributed by atoms with Crippen LogP contribution in [0.1, 0.15) is 15.9 Å². The molecule has 0 aliphatic carbocycles. The largest absolute Gasteiger partial charge is 0.497 e. The number of carbonyl (C=O) groups excluding carboxylic acids is 1. The number of amides is 1. The molecule has 0 radical (unpaired) electrons. The van der Waals surface area contributed by atoms with Crippen molar-refractivity contribution in [2.24, 2.45) is 0 Å². The molecule has 0 fully saturated rings. The second-order valence-corrected chi connectivity index (χ2v) is 8.75. The molecule has 6 nitrogen and oxygen atoms in total. The number of hydrogen-bond donors (Lipinski definition) is 1. The van der Waals surface area contributed by atoms with Crippen molar-refractivity contribution < 1.29 is 17.9 Å². The maximum absolute atomic E-state index is 12.4. The van der Waals surface area contributed by atoms with E-state index in [1.54, 1.807) is 31.4 Å². The fourth-order valence-corrected chi connectivity index (χ4v) is 4.03. The Balaban J connectivity index is 1.81. The molecular formula is C17H16N2O4S2. The number of rotatable bonds is 5. The quantitative estimate of drug-likeness (QED) is 0.739. The predicted molar refractivity (Wildman–Crippen MR) is 99.1 cm³/mol. The molecule has 0 spiro atoms. The molecule has 0 saturated heterocycles. The fraction of sp³-hybridized carbons (Fsp3) is 0.176. The lowest BCUT2D eigenvalue weighted by atomic mass is 10.1. The number of methoxy groups -OCH3 is 1. The number of ether oxygens (including phenoxy) is 1. The second-order valence-electron chi connectivity index (χ2n) is 5.58. The molecule has 0 saturated carbocycles. The summed E-state index contributed by atoms with van der Waals surface area (Å²) in [5.41, 5.74) is 1.73. The zero-order valence-electron chi connectivity index (χ0n) is 13.6. The van der Waals surface area contributed by atoms with Crippen LogP contribution in [-0.4, -0.2) is 32.7 Å². The van der Waals surface area contributed by atoms with Crippen molar-refractivity contribution in [2.45, 2.75) is 5.75 Å². The Morgan fingerprint density at radius 3 is 2.76 bits per heavy atom. The molecule has 1 N–H and O–H groups in total. The van der Waals surface area contributed by atoms with E-state index in [9.17, 15) is 13.2 Å². The summed E-state index contributed by atoms with van der Waals surface area (Å²) in [7, 11) is -1.56. The summed E-state index contributed by atoms with van der Waals surface area (Å²) >= 11 is 1.35. The number of carbonyl (C=O) groups is 1. The van der Waals surface area contributed by atoms with E-state index in [2.05, 4.69) is 10.3 Å². The van der Waals surface area contributed by atoms with Gasteiger partial charge in [0.05, 0.1) is 23.1 Å². The minimum atomic E-state index is -3.16.